The highest BCUT2D eigenvalue weighted by Crippen LogP contribution is 2.21. The lowest BCUT2D eigenvalue weighted by Crippen LogP contribution is -2.31. The third kappa shape index (κ3) is 6.57. The molecule has 2 aromatic carbocycles. The number of aryl methyl sites for hydroxylation is 1. The number of benzene rings is 2. The molecule has 170 valence electrons. The SMILES string of the molecule is CCC(=O)Nc1cc(NC(=O)CNc2cccc(C(=O)N3CCCCCC3)c2)ccc1C. The van der Waals surface area contributed by atoms with Gasteiger partial charge >= 0.3 is 0 Å². The van der Waals surface area contributed by atoms with Crippen molar-refractivity contribution in [1.82, 2.24) is 4.90 Å². The van der Waals surface area contributed by atoms with Crippen LogP contribution in [-0.4, -0.2) is 42.3 Å². The van der Waals surface area contributed by atoms with Gasteiger partial charge in [-0.05, 0) is 55.7 Å². The third-order valence-corrected chi connectivity index (χ3v) is 5.57. The maximum Gasteiger partial charge on any atom is 0.253 e. The Morgan fingerprint density at radius 1 is 0.875 bits per heavy atom. The van der Waals surface area contributed by atoms with Gasteiger partial charge in [0.15, 0.2) is 0 Å². The third-order valence-electron chi connectivity index (χ3n) is 5.57. The summed E-state index contributed by atoms with van der Waals surface area (Å²) in [6, 6.07) is 12.7. The second-order valence-corrected chi connectivity index (χ2v) is 8.12. The summed E-state index contributed by atoms with van der Waals surface area (Å²) in [5.74, 6) is -0.250. The smallest absolute Gasteiger partial charge is 0.253 e. The summed E-state index contributed by atoms with van der Waals surface area (Å²) in [7, 11) is 0. The molecule has 32 heavy (non-hydrogen) atoms. The first-order valence-electron chi connectivity index (χ1n) is 11.3. The number of nitrogens with one attached hydrogen (secondary N) is 3. The van der Waals surface area contributed by atoms with Crippen molar-refractivity contribution in [3.05, 3.63) is 53.6 Å². The highest BCUT2D eigenvalue weighted by molar-refractivity contribution is 5.97. The number of carbonyl (C=O) groups is 3. The van der Waals surface area contributed by atoms with Crippen LogP contribution in [0, 0.1) is 6.92 Å². The van der Waals surface area contributed by atoms with Gasteiger partial charge in [-0.3, -0.25) is 14.4 Å². The zero-order valence-corrected chi connectivity index (χ0v) is 18.9. The molecule has 7 nitrogen and oxygen atoms in total. The van der Waals surface area contributed by atoms with Crippen LogP contribution in [0.4, 0.5) is 17.1 Å². The molecule has 1 aliphatic rings. The van der Waals surface area contributed by atoms with Crippen molar-refractivity contribution in [2.45, 2.75) is 46.0 Å². The van der Waals surface area contributed by atoms with Gasteiger partial charge < -0.3 is 20.9 Å². The van der Waals surface area contributed by atoms with E-state index in [2.05, 4.69) is 16.0 Å². The lowest BCUT2D eigenvalue weighted by molar-refractivity contribution is -0.116. The minimum atomic E-state index is -0.217. The number of nitrogens with zero attached hydrogens (tertiary/aromatic N) is 1. The van der Waals surface area contributed by atoms with Crippen molar-refractivity contribution in [3.8, 4) is 0 Å². The number of amides is 3. The standard InChI is InChI=1S/C25H32N4O3/c1-3-23(30)28-22-16-21(12-11-18(22)2)27-24(31)17-26-20-10-8-9-19(15-20)25(32)29-13-6-4-5-7-14-29/h8-12,15-16,26H,3-7,13-14,17H2,1-2H3,(H,27,31)(H,28,30). The van der Waals surface area contributed by atoms with Crippen LogP contribution in [-0.2, 0) is 9.59 Å². The molecule has 1 saturated heterocycles. The van der Waals surface area contributed by atoms with Crippen LogP contribution in [0.2, 0.25) is 0 Å². The Morgan fingerprint density at radius 2 is 1.62 bits per heavy atom. The maximum absolute atomic E-state index is 12.8. The Bertz CT molecular complexity index is 965. The molecule has 7 heteroatoms. The zero-order valence-electron chi connectivity index (χ0n) is 18.9. The van der Waals surface area contributed by atoms with E-state index in [0.717, 1.165) is 37.2 Å². The summed E-state index contributed by atoms with van der Waals surface area (Å²) in [6.07, 6.45) is 4.83. The van der Waals surface area contributed by atoms with Crippen LogP contribution in [0.15, 0.2) is 42.5 Å². The molecule has 0 atom stereocenters. The van der Waals surface area contributed by atoms with Gasteiger partial charge in [0.1, 0.15) is 0 Å². The molecule has 0 saturated carbocycles. The Hall–Kier alpha value is -3.35. The highest BCUT2D eigenvalue weighted by atomic mass is 16.2. The van der Waals surface area contributed by atoms with Crippen molar-refractivity contribution in [2.75, 3.05) is 35.6 Å². The number of rotatable bonds is 7. The second-order valence-electron chi connectivity index (χ2n) is 8.12. The van der Waals surface area contributed by atoms with Gasteiger partial charge in [0.25, 0.3) is 5.91 Å². The summed E-state index contributed by atoms with van der Waals surface area (Å²) >= 11 is 0. The largest absolute Gasteiger partial charge is 0.376 e. The van der Waals surface area contributed by atoms with Crippen molar-refractivity contribution in [3.63, 3.8) is 0 Å². The van der Waals surface area contributed by atoms with Crippen LogP contribution in [0.5, 0.6) is 0 Å². The quantitative estimate of drug-likeness (QED) is 0.600. The molecule has 1 aliphatic heterocycles. The molecule has 3 amide bonds. The van der Waals surface area contributed by atoms with Gasteiger partial charge in [-0.2, -0.15) is 0 Å². The van der Waals surface area contributed by atoms with Crippen molar-refractivity contribution >= 4 is 34.8 Å². The lowest BCUT2D eigenvalue weighted by atomic mass is 10.1. The molecular weight excluding hydrogens is 404 g/mol. The monoisotopic (exact) mass is 436 g/mol. The predicted molar refractivity (Wildman–Crippen MR) is 128 cm³/mol. The molecule has 3 N–H and O–H groups in total. The molecule has 0 aromatic heterocycles. The normalized spacial score (nSPS) is 13.8. The fourth-order valence-electron chi connectivity index (χ4n) is 3.68. The average Bonchev–Trinajstić information content (AvgIpc) is 3.09. The van der Waals surface area contributed by atoms with Crippen LogP contribution < -0.4 is 16.0 Å². The minimum absolute atomic E-state index is 0.0429. The molecule has 2 aromatic rings. The van der Waals surface area contributed by atoms with E-state index in [4.69, 9.17) is 0 Å². The van der Waals surface area contributed by atoms with Crippen molar-refractivity contribution in [2.24, 2.45) is 0 Å². The van der Waals surface area contributed by atoms with Crippen molar-refractivity contribution in [1.29, 1.82) is 0 Å². The van der Waals surface area contributed by atoms with Gasteiger partial charge in [0, 0.05) is 42.1 Å². The van der Waals surface area contributed by atoms with E-state index in [0.29, 0.717) is 23.4 Å². The summed E-state index contributed by atoms with van der Waals surface area (Å²) in [6.45, 7) is 5.36. The first-order valence-corrected chi connectivity index (χ1v) is 11.3. The van der Waals surface area contributed by atoms with E-state index in [9.17, 15) is 14.4 Å². The van der Waals surface area contributed by atoms with Crippen LogP contribution in [0.1, 0.15) is 54.9 Å². The number of carbonyl (C=O) groups excluding carboxylic acids is 3. The molecule has 0 unspecified atom stereocenters. The summed E-state index contributed by atoms with van der Waals surface area (Å²) in [5.41, 5.74) is 3.57. The van der Waals surface area contributed by atoms with Gasteiger partial charge in [-0.1, -0.05) is 31.9 Å². The molecule has 3 rings (SSSR count). The number of likely N-dealkylation sites (tertiary alicyclic amines) is 1. The molecular formula is C25H32N4O3. The lowest BCUT2D eigenvalue weighted by Gasteiger charge is -2.20. The fourth-order valence-corrected chi connectivity index (χ4v) is 3.68. The van der Waals surface area contributed by atoms with E-state index >= 15 is 0 Å². The molecule has 0 aliphatic carbocycles. The van der Waals surface area contributed by atoms with E-state index in [1.165, 1.54) is 12.8 Å². The topological polar surface area (TPSA) is 90.5 Å². The van der Waals surface area contributed by atoms with Crippen LogP contribution in [0.25, 0.3) is 0 Å². The Labute approximate surface area is 189 Å². The summed E-state index contributed by atoms with van der Waals surface area (Å²) < 4.78 is 0. The highest BCUT2D eigenvalue weighted by Gasteiger charge is 2.17. The molecule has 0 spiro atoms. The van der Waals surface area contributed by atoms with E-state index in [1.807, 2.05) is 36.1 Å². The summed E-state index contributed by atoms with van der Waals surface area (Å²) in [5, 5.41) is 8.77. The second kappa shape index (κ2) is 11.3. The van der Waals surface area contributed by atoms with Gasteiger partial charge in [0.2, 0.25) is 11.8 Å². The Kier molecular flexibility index (Phi) is 8.25. The Balaban J connectivity index is 1.57. The first kappa shape index (κ1) is 23.3. The molecule has 0 bridgehead atoms. The van der Waals surface area contributed by atoms with Gasteiger partial charge in [-0.15, -0.1) is 0 Å². The summed E-state index contributed by atoms with van der Waals surface area (Å²) in [4.78, 5) is 38.9. The number of anilines is 3. The first-order chi connectivity index (χ1) is 15.5. The minimum Gasteiger partial charge on any atom is -0.376 e. The molecule has 0 radical (unpaired) electrons. The Morgan fingerprint density at radius 3 is 2.34 bits per heavy atom. The average molecular weight is 437 g/mol. The number of hydrogen-bond acceptors (Lipinski definition) is 4. The molecule has 1 heterocycles. The van der Waals surface area contributed by atoms with E-state index < -0.39 is 0 Å². The van der Waals surface area contributed by atoms with Gasteiger partial charge in [0.05, 0.1) is 6.54 Å². The van der Waals surface area contributed by atoms with Gasteiger partial charge in [-0.25, -0.2) is 0 Å². The van der Waals surface area contributed by atoms with E-state index in [1.54, 1.807) is 25.1 Å². The van der Waals surface area contributed by atoms with Crippen molar-refractivity contribution < 1.29 is 14.4 Å². The fraction of sp³-hybridized carbons (Fsp3) is 0.400. The van der Waals surface area contributed by atoms with Crippen LogP contribution >= 0.6 is 0 Å². The van der Waals surface area contributed by atoms with Crippen LogP contribution in [0.3, 0.4) is 0 Å². The number of hydrogen-bond donors (Lipinski definition) is 3. The zero-order chi connectivity index (χ0) is 22.9. The predicted octanol–water partition coefficient (Wildman–Crippen LogP) is 4.41. The van der Waals surface area contributed by atoms with E-state index in [-0.39, 0.29) is 24.3 Å². The molecule has 1 fully saturated rings. The maximum atomic E-state index is 12.8.